The van der Waals surface area contributed by atoms with E-state index in [1.165, 1.54) is 31.2 Å². The van der Waals surface area contributed by atoms with Crippen LogP contribution in [0.25, 0.3) is 4.85 Å². The maximum Gasteiger partial charge on any atom is 0.416 e. The minimum absolute atomic E-state index is 0.0419. The zero-order valence-electron chi connectivity index (χ0n) is 20.1. The molecule has 0 saturated carbocycles. The molecule has 0 unspecified atom stereocenters. The summed E-state index contributed by atoms with van der Waals surface area (Å²) in [6.45, 7) is 13.7. The molecule has 0 fully saturated rings. The molecule has 0 aromatic heterocycles. The third-order valence-electron chi connectivity index (χ3n) is 5.34. The summed E-state index contributed by atoms with van der Waals surface area (Å²) in [6, 6.07) is 10.5. The van der Waals surface area contributed by atoms with Crippen LogP contribution >= 0.6 is 0 Å². The Morgan fingerprint density at radius 1 is 1.17 bits per heavy atom. The van der Waals surface area contributed by atoms with Crippen molar-refractivity contribution in [3.8, 4) is 6.07 Å². The van der Waals surface area contributed by atoms with Gasteiger partial charge >= 0.3 is 18.2 Å². The van der Waals surface area contributed by atoms with Crippen molar-refractivity contribution in [1.29, 1.82) is 5.26 Å². The zero-order chi connectivity index (χ0) is 26.8. The van der Waals surface area contributed by atoms with Crippen LogP contribution in [0.4, 0.5) is 23.7 Å². The van der Waals surface area contributed by atoms with Crippen molar-refractivity contribution < 1.29 is 27.5 Å². The van der Waals surface area contributed by atoms with Gasteiger partial charge in [0.05, 0.1) is 29.8 Å². The second-order valence-corrected chi connectivity index (χ2v) is 9.10. The van der Waals surface area contributed by atoms with E-state index in [-0.39, 0.29) is 17.1 Å². The first-order valence-corrected chi connectivity index (χ1v) is 10.8. The predicted octanol–water partition coefficient (Wildman–Crippen LogP) is 6.05. The molecule has 0 bridgehead atoms. The molecule has 1 heterocycles. The van der Waals surface area contributed by atoms with Crippen molar-refractivity contribution in [3.63, 3.8) is 0 Å². The maximum atomic E-state index is 13.7. The number of halogens is 3. The van der Waals surface area contributed by atoms with Gasteiger partial charge in [-0.05, 0) is 63.6 Å². The van der Waals surface area contributed by atoms with Crippen molar-refractivity contribution in [2.75, 3.05) is 11.4 Å². The Balaban J connectivity index is 2.18. The summed E-state index contributed by atoms with van der Waals surface area (Å²) in [4.78, 5) is 32.2. The quantitative estimate of drug-likeness (QED) is 0.381. The van der Waals surface area contributed by atoms with Gasteiger partial charge < -0.3 is 9.64 Å². The van der Waals surface area contributed by atoms with Gasteiger partial charge in [-0.15, -0.1) is 0 Å². The molecule has 10 heteroatoms. The van der Waals surface area contributed by atoms with E-state index in [1.807, 2.05) is 6.07 Å². The van der Waals surface area contributed by atoms with E-state index in [2.05, 4.69) is 4.85 Å². The predicted molar refractivity (Wildman–Crippen MR) is 125 cm³/mol. The fraction of sp³-hybridized carbons (Fsp3) is 0.308. The first kappa shape index (κ1) is 26.3. The van der Waals surface area contributed by atoms with Crippen molar-refractivity contribution in [2.45, 2.75) is 45.5 Å². The van der Waals surface area contributed by atoms with Crippen molar-refractivity contribution in [2.24, 2.45) is 0 Å². The monoisotopic (exact) mass is 496 g/mol. The molecule has 0 radical (unpaired) electrons. The lowest BCUT2D eigenvalue weighted by Gasteiger charge is -2.41. The van der Waals surface area contributed by atoms with Crippen molar-refractivity contribution >= 4 is 17.7 Å². The summed E-state index contributed by atoms with van der Waals surface area (Å²) in [5.74, 6) is -0.748. The molecule has 1 atom stereocenters. The van der Waals surface area contributed by atoms with Crippen LogP contribution < -0.4 is 4.90 Å². The Morgan fingerprint density at radius 3 is 2.33 bits per heavy atom. The van der Waals surface area contributed by atoms with Crippen LogP contribution in [0.1, 0.15) is 50.4 Å². The average molecular weight is 496 g/mol. The summed E-state index contributed by atoms with van der Waals surface area (Å²) in [5.41, 5.74) is -0.923. The van der Waals surface area contributed by atoms with Crippen LogP contribution in [0, 0.1) is 17.9 Å². The van der Waals surface area contributed by atoms with Gasteiger partial charge in [0.15, 0.2) is 0 Å². The molecule has 2 aromatic rings. The number of hydrogen-bond acceptors (Lipinski definition) is 4. The standard InChI is InChI=1S/C26H23F3N4O3/c1-16-22(31-5)23(18-11-9-17(14-30)10-12-18)32(15-21(34)36-25(2,3)4)24(35)33(16)20-8-6-7-19(13-20)26(27,28)29/h6-13,23H,15H2,1-4H3/t23-/m1/s1. The topological polar surface area (TPSA) is 78.0 Å². The Bertz CT molecular complexity index is 1300. The lowest BCUT2D eigenvalue weighted by atomic mass is 9.97. The Labute approximate surface area is 206 Å². The number of nitriles is 1. The summed E-state index contributed by atoms with van der Waals surface area (Å²) in [7, 11) is 0. The van der Waals surface area contributed by atoms with Crippen LogP contribution in [0.15, 0.2) is 59.9 Å². The molecule has 36 heavy (non-hydrogen) atoms. The highest BCUT2D eigenvalue weighted by atomic mass is 19.4. The van der Waals surface area contributed by atoms with E-state index in [9.17, 15) is 22.8 Å². The number of benzene rings is 2. The molecular weight excluding hydrogens is 473 g/mol. The highest BCUT2D eigenvalue weighted by Crippen LogP contribution is 2.41. The smallest absolute Gasteiger partial charge is 0.416 e. The summed E-state index contributed by atoms with van der Waals surface area (Å²) in [5, 5.41) is 9.12. The van der Waals surface area contributed by atoms with Crippen LogP contribution in [-0.2, 0) is 15.7 Å². The van der Waals surface area contributed by atoms with Gasteiger partial charge in [-0.25, -0.2) is 9.64 Å². The molecule has 2 amide bonds. The number of amides is 2. The Morgan fingerprint density at radius 2 is 1.81 bits per heavy atom. The zero-order valence-corrected chi connectivity index (χ0v) is 20.1. The van der Waals surface area contributed by atoms with Crippen LogP contribution in [-0.4, -0.2) is 29.0 Å². The number of urea groups is 1. The molecule has 0 saturated heterocycles. The van der Waals surface area contributed by atoms with E-state index in [0.717, 1.165) is 21.9 Å². The molecule has 186 valence electrons. The van der Waals surface area contributed by atoms with E-state index in [4.69, 9.17) is 16.6 Å². The minimum Gasteiger partial charge on any atom is -0.459 e. The van der Waals surface area contributed by atoms with Gasteiger partial charge in [-0.3, -0.25) is 9.69 Å². The number of alkyl halides is 3. The second kappa shape index (κ2) is 9.74. The first-order valence-electron chi connectivity index (χ1n) is 10.8. The lowest BCUT2D eigenvalue weighted by Crippen LogP contribution is -2.51. The number of rotatable bonds is 4. The molecule has 7 nitrogen and oxygen atoms in total. The number of carbonyl (C=O) groups is 2. The first-order chi connectivity index (χ1) is 16.8. The second-order valence-electron chi connectivity index (χ2n) is 9.10. The van der Waals surface area contributed by atoms with Crippen LogP contribution in [0.2, 0.25) is 0 Å². The van der Waals surface area contributed by atoms with Crippen molar-refractivity contribution in [3.05, 3.63) is 88.0 Å². The number of anilines is 1. The van der Waals surface area contributed by atoms with E-state index in [0.29, 0.717) is 11.1 Å². The number of ether oxygens (including phenoxy) is 1. The van der Waals surface area contributed by atoms with E-state index >= 15 is 0 Å². The average Bonchev–Trinajstić information content (AvgIpc) is 2.79. The number of allylic oxidation sites excluding steroid dienone is 1. The molecule has 0 spiro atoms. The SMILES string of the molecule is [C-]#[N+]C1=C(C)N(c2cccc(C(F)(F)F)c2)C(=O)N(CC(=O)OC(C)(C)C)[C@@H]1c1ccc(C#N)cc1. The summed E-state index contributed by atoms with van der Waals surface area (Å²) >= 11 is 0. The minimum atomic E-state index is -4.64. The maximum absolute atomic E-state index is 13.7. The Kier molecular flexibility index (Phi) is 7.12. The molecular formula is C26H23F3N4O3. The Hall–Kier alpha value is -4.31. The van der Waals surface area contributed by atoms with Crippen LogP contribution in [0.5, 0.6) is 0 Å². The van der Waals surface area contributed by atoms with Gasteiger partial charge in [0.1, 0.15) is 12.1 Å². The highest BCUT2D eigenvalue weighted by molar-refractivity contribution is 5.99. The van der Waals surface area contributed by atoms with E-state index in [1.54, 1.807) is 32.9 Å². The molecule has 0 N–H and O–H groups in total. The molecule has 0 aliphatic carbocycles. The fourth-order valence-electron chi connectivity index (χ4n) is 3.86. The molecule has 3 rings (SSSR count). The van der Waals surface area contributed by atoms with Gasteiger partial charge in [-0.1, -0.05) is 18.2 Å². The highest BCUT2D eigenvalue weighted by Gasteiger charge is 2.42. The van der Waals surface area contributed by atoms with Crippen LogP contribution in [0.3, 0.4) is 0 Å². The van der Waals surface area contributed by atoms with Gasteiger partial charge in [0.2, 0.25) is 5.70 Å². The number of nitrogens with zero attached hydrogens (tertiary/aromatic N) is 4. The fourth-order valence-corrected chi connectivity index (χ4v) is 3.86. The number of esters is 1. The van der Waals surface area contributed by atoms with Gasteiger partial charge in [-0.2, -0.15) is 18.4 Å². The lowest BCUT2D eigenvalue weighted by molar-refractivity contribution is -0.155. The normalized spacial score (nSPS) is 16.5. The third-order valence-corrected chi connectivity index (χ3v) is 5.34. The van der Waals surface area contributed by atoms with Gasteiger partial charge in [0.25, 0.3) is 0 Å². The third kappa shape index (κ3) is 5.49. The molecule has 2 aromatic carbocycles. The number of hydrogen-bond donors (Lipinski definition) is 0. The summed E-state index contributed by atoms with van der Waals surface area (Å²) in [6.07, 6.45) is -4.64. The van der Waals surface area contributed by atoms with Gasteiger partial charge in [0, 0.05) is 11.4 Å². The molecule has 1 aliphatic rings. The van der Waals surface area contributed by atoms with Crippen molar-refractivity contribution in [1.82, 2.24) is 4.90 Å². The number of carbonyl (C=O) groups excluding carboxylic acids is 2. The summed E-state index contributed by atoms with van der Waals surface area (Å²) < 4.78 is 45.5. The molecule has 1 aliphatic heterocycles. The largest absolute Gasteiger partial charge is 0.459 e. The van der Waals surface area contributed by atoms with E-state index < -0.39 is 41.9 Å².